The molecule has 1 heterocycles. The molecule has 1 aromatic heterocycles. The van der Waals surface area contributed by atoms with Gasteiger partial charge in [0, 0.05) is 24.8 Å². The normalized spacial score (nSPS) is 18.5. The molecule has 1 saturated carbocycles. The number of nitrogens with one attached hydrogen (secondary N) is 2. The molecule has 0 bridgehead atoms. The first-order valence-corrected chi connectivity index (χ1v) is 9.84. The van der Waals surface area contributed by atoms with Gasteiger partial charge in [0.2, 0.25) is 0 Å². The van der Waals surface area contributed by atoms with Gasteiger partial charge in [-0.2, -0.15) is 0 Å². The fourth-order valence-corrected chi connectivity index (χ4v) is 3.78. The maximum atomic E-state index is 12.8. The monoisotopic (exact) mass is 410 g/mol. The Balaban J connectivity index is 1.77. The van der Waals surface area contributed by atoms with Crippen LogP contribution in [0.15, 0.2) is 41.3 Å². The fraction of sp³-hybridized carbons (Fsp3) is 0.364. The van der Waals surface area contributed by atoms with Gasteiger partial charge < -0.3 is 20.4 Å². The average Bonchev–Trinajstić information content (AvgIpc) is 2.75. The van der Waals surface area contributed by atoms with E-state index in [9.17, 15) is 14.4 Å². The van der Waals surface area contributed by atoms with Crippen molar-refractivity contribution < 1.29 is 14.3 Å². The first kappa shape index (κ1) is 21.3. The van der Waals surface area contributed by atoms with Crippen LogP contribution in [0.5, 0.6) is 0 Å². The number of aromatic nitrogens is 1. The molecule has 0 unspecified atom stereocenters. The molecule has 1 aromatic carbocycles. The van der Waals surface area contributed by atoms with E-state index in [0.29, 0.717) is 36.8 Å². The maximum Gasteiger partial charge on any atom is 0.308 e. The third kappa shape index (κ3) is 4.59. The number of benzene rings is 1. The number of rotatable bonds is 5. The van der Waals surface area contributed by atoms with Crippen LogP contribution in [0.3, 0.4) is 0 Å². The number of nitrogens with two attached hydrogens (primary N) is 1. The number of nitrogens with zero attached hydrogens (tertiary/aromatic N) is 1. The number of aryl methyl sites for hydroxylation is 1. The summed E-state index contributed by atoms with van der Waals surface area (Å²) in [5.74, 6) is -0.780. The Morgan fingerprint density at radius 2 is 1.77 bits per heavy atom. The van der Waals surface area contributed by atoms with Crippen LogP contribution < -0.4 is 16.6 Å². The first-order chi connectivity index (χ1) is 14.3. The van der Waals surface area contributed by atoms with Crippen LogP contribution in [-0.4, -0.2) is 35.4 Å². The van der Waals surface area contributed by atoms with Crippen molar-refractivity contribution in [3.8, 4) is 11.1 Å². The van der Waals surface area contributed by atoms with E-state index in [0.717, 1.165) is 5.56 Å². The molecule has 2 aromatic rings. The van der Waals surface area contributed by atoms with Gasteiger partial charge in [0.15, 0.2) is 0 Å². The zero-order chi connectivity index (χ0) is 21.8. The predicted molar refractivity (Wildman–Crippen MR) is 113 cm³/mol. The molecular formula is C22H26N4O4. The van der Waals surface area contributed by atoms with E-state index in [1.807, 2.05) is 0 Å². The summed E-state index contributed by atoms with van der Waals surface area (Å²) in [5, 5.41) is 10.4. The van der Waals surface area contributed by atoms with Gasteiger partial charge in [-0.3, -0.25) is 19.8 Å². The molecule has 3 rings (SSSR count). The molecular weight excluding hydrogens is 384 g/mol. The first-order valence-electron chi connectivity index (χ1n) is 9.84. The van der Waals surface area contributed by atoms with Crippen LogP contribution in [0.25, 0.3) is 11.1 Å². The Hall–Kier alpha value is -3.42. The van der Waals surface area contributed by atoms with E-state index in [1.165, 1.54) is 11.7 Å². The van der Waals surface area contributed by atoms with E-state index in [1.54, 1.807) is 43.6 Å². The summed E-state index contributed by atoms with van der Waals surface area (Å²) in [7, 11) is 2.99. The Morgan fingerprint density at radius 1 is 1.13 bits per heavy atom. The molecule has 1 fully saturated rings. The quantitative estimate of drug-likeness (QED) is 0.393. The minimum Gasteiger partial charge on any atom is -0.469 e. The molecule has 8 nitrogen and oxygen atoms in total. The van der Waals surface area contributed by atoms with E-state index in [4.69, 9.17) is 15.9 Å². The molecule has 158 valence electrons. The van der Waals surface area contributed by atoms with Crippen molar-refractivity contribution in [1.82, 2.24) is 9.88 Å². The number of pyridine rings is 1. The molecule has 1 aliphatic rings. The Morgan fingerprint density at radius 3 is 2.33 bits per heavy atom. The largest absolute Gasteiger partial charge is 0.469 e. The van der Waals surface area contributed by atoms with Crippen LogP contribution in [0.4, 0.5) is 0 Å². The van der Waals surface area contributed by atoms with Gasteiger partial charge in [0.1, 0.15) is 11.4 Å². The number of methoxy groups -OCH3 is 1. The Kier molecular flexibility index (Phi) is 6.34. The fourth-order valence-electron chi connectivity index (χ4n) is 3.78. The topological polar surface area (TPSA) is 127 Å². The highest BCUT2D eigenvalue weighted by molar-refractivity contribution is 5.96. The van der Waals surface area contributed by atoms with Crippen molar-refractivity contribution in [2.75, 3.05) is 7.11 Å². The van der Waals surface area contributed by atoms with E-state index >= 15 is 0 Å². The summed E-state index contributed by atoms with van der Waals surface area (Å²) in [4.78, 5) is 37.0. The lowest BCUT2D eigenvalue weighted by molar-refractivity contribution is -0.146. The Bertz CT molecular complexity index is 1020. The summed E-state index contributed by atoms with van der Waals surface area (Å²) < 4.78 is 6.18. The second kappa shape index (κ2) is 8.94. The summed E-state index contributed by atoms with van der Waals surface area (Å²) in [6.45, 7) is 0. The summed E-state index contributed by atoms with van der Waals surface area (Å²) >= 11 is 0. The number of esters is 1. The highest BCUT2D eigenvalue weighted by atomic mass is 16.5. The van der Waals surface area contributed by atoms with Gasteiger partial charge in [0.05, 0.1) is 13.0 Å². The average molecular weight is 410 g/mol. The lowest BCUT2D eigenvalue weighted by atomic mass is 9.86. The molecule has 0 aliphatic heterocycles. The van der Waals surface area contributed by atoms with Gasteiger partial charge in [-0.05, 0) is 42.9 Å². The summed E-state index contributed by atoms with van der Waals surface area (Å²) in [5.41, 5.74) is 7.31. The molecule has 0 spiro atoms. The summed E-state index contributed by atoms with van der Waals surface area (Å²) in [6, 6.07) is 8.55. The standard InChI is InChI=1S/C22H26N4O4/c1-26-12-16(13-3-5-14(6-4-13)19(23)24)11-18(21(26)28)20(27)25-17-9-7-15(8-10-17)22(29)30-2/h3-6,11-12,15,17H,7-10H2,1-2H3,(H3,23,24)(H,25,27). The number of hydrogen-bond acceptors (Lipinski definition) is 5. The number of amidine groups is 1. The minimum absolute atomic E-state index is 0.0241. The lowest BCUT2D eigenvalue weighted by Gasteiger charge is -2.27. The maximum absolute atomic E-state index is 12.8. The van der Waals surface area contributed by atoms with Crippen LogP contribution in [0.2, 0.25) is 0 Å². The number of hydrogen-bond donors (Lipinski definition) is 3. The van der Waals surface area contributed by atoms with E-state index in [-0.39, 0.29) is 34.9 Å². The second-order valence-electron chi connectivity index (χ2n) is 7.59. The summed E-state index contributed by atoms with van der Waals surface area (Å²) in [6.07, 6.45) is 4.30. The zero-order valence-corrected chi connectivity index (χ0v) is 17.1. The van der Waals surface area contributed by atoms with Gasteiger partial charge in [-0.1, -0.05) is 24.3 Å². The van der Waals surface area contributed by atoms with Gasteiger partial charge >= 0.3 is 5.97 Å². The molecule has 0 radical (unpaired) electrons. The van der Waals surface area contributed by atoms with Crippen molar-refractivity contribution in [2.45, 2.75) is 31.7 Å². The smallest absolute Gasteiger partial charge is 0.308 e. The molecule has 8 heteroatoms. The molecule has 0 atom stereocenters. The van der Waals surface area contributed by atoms with Crippen molar-refractivity contribution in [1.29, 1.82) is 5.41 Å². The number of carbonyl (C=O) groups is 2. The lowest BCUT2D eigenvalue weighted by Crippen LogP contribution is -2.41. The highest BCUT2D eigenvalue weighted by Gasteiger charge is 2.28. The van der Waals surface area contributed by atoms with E-state index in [2.05, 4.69) is 5.32 Å². The van der Waals surface area contributed by atoms with Crippen LogP contribution in [0.1, 0.15) is 41.6 Å². The molecule has 4 N–H and O–H groups in total. The minimum atomic E-state index is -0.417. The van der Waals surface area contributed by atoms with Gasteiger partial charge in [0.25, 0.3) is 11.5 Å². The number of amides is 1. The molecule has 1 aliphatic carbocycles. The zero-order valence-electron chi connectivity index (χ0n) is 17.1. The van der Waals surface area contributed by atoms with Gasteiger partial charge in [-0.15, -0.1) is 0 Å². The van der Waals surface area contributed by atoms with Crippen molar-refractivity contribution >= 4 is 17.7 Å². The Labute approximate surface area is 174 Å². The predicted octanol–water partition coefficient (Wildman–Crippen LogP) is 1.80. The second-order valence-corrected chi connectivity index (χ2v) is 7.59. The van der Waals surface area contributed by atoms with Crippen LogP contribution >= 0.6 is 0 Å². The third-order valence-corrected chi connectivity index (χ3v) is 5.55. The third-order valence-electron chi connectivity index (χ3n) is 5.55. The van der Waals surface area contributed by atoms with Crippen LogP contribution in [0, 0.1) is 11.3 Å². The highest BCUT2D eigenvalue weighted by Crippen LogP contribution is 2.25. The molecule has 1 amide bonds. The number of carbonyl (C=O) groups excluding carboxylic acids is 2. The number of nitrogen functional groups attached to an aromatic ring is 1. The van der Waals surface area contributed by atoms with Crippen molar-refractivity contribution in [2.24, 2.45) is 18.7 Å². The SMILES string of the molecule is COC(=O)C1CCC(NC(=O)c2cc(-c3ccc(C(=N)N)cc3)cn(C)c2=O)CC1. The number of ether oxygens (including phenoxy) is 1. The van der Waals surface area contributed by atoms with Crippen molar-refractivity contribution in [3.63, 3.8) is 0 Å². The molecule has 0 saturated heterocycles. The van der Waals surface area contributed by atoms with Crippen LogP contribution in [-0.2, 0) is 16.6 Å². The van der Waals surface area contributed by atoms with Crippen molar-refractivity contribution in [3.05, 3.63) is 58.0 Å². The van der Waals surface area contributed by atoms with E-state index < -0.39 is 5.91 Å². The molecule has 30 heavy (non-hydrogen) atoms. The van der Waals surface area contributed by atoms with Gasteiger partial charge in [-0.25, -0.2) is 0 Å².